The van der Waals surface area contributed by atoms with Crippen LogP contribution in [0.4, 0.5) is 5.69 Å². The van der Waals surface area contributed by atoms with Crippen LogP contribution < -0.4 is 10.6 Å². The predicted octanol–water partition coefficient (Wildman–Crippen LogP) is 1.56. The minimum absolute atomic E-state index is 0.0391. The highest BCUT2D eigenvalue weighted by Crippen LogP contribution is 2.26. The highest BCUT2D eigenvalue weighted by Gasteiger charge is 2.38. The van der Waals surface area contributed by atoms with E-state index < -0.39 is 23.3 Å². The van der Waals surface area contributed by atoms with Gasteiger partial charge in [0.2, 0.25) is 11.8 Å². The van der Waals surface area contributed by atoms with E-state index in [2.05, 4.69) is 15.4 Å². The summed E-state index contributed by atoms with van der Waals surface area (Å²) < 4.78 is 4.47. The number of nitrogens with one attached hydrogen (secondary N) is 2. The van der Waals surface area contributed by atoms with E-state index in [0.717, 1.165) is 6.42 Å². The first-order chi connectivity index (χ1) is 13.1. The molecule has 1 aliphatic rings. The van der Waals surface area contributed by atoms with Crippen molar-refractivity contribution in [1.82, 2.24) is 10.2 Å². The fourth-order valence-corrected chi connectivity index (χ4v) is 2.97. The lowest BCUT2D eigenvalue weighted by atomic mass is 9.94. The Bertz CT molecular complexity index is 752. The van der Waals surface area contributed by atoms with Gasteiger partial charge in [0, 0.05) is 23.2 Å². The van der Waals surface area contributed by atoms with Crippen molar-refractivity contribution in [2.24, 2.45) is 5.41 Å². The van der Waals surface area contributed by atoms with Crippen LogP contribution in [-0.4, -0.2) is 54.8 Å². The maximum atomic E-state index is 12.7. The van der Waals surface area contributed by atoms with Gasteiger partial charge in [0.05, 0.1) is 7.11 Å². The van der Waals surface area contributed by atoms with Crippen molar-refractivity contribution in [2.45, 2.75) is 39.7 Å². The van der Waals surface area contributed by atoms with Gasteiger partial charge in [-0.15, -0.1) is 0 Å². The molecule has 2 rings (SSSR count). The summed E-state index contributed by atoms with van der Waals surface area (Å²) in [6.07, 6.45) is 1.42. The summed E-state index contributed by atoms with van der Waals surface area (Å²) in [6.45, 7) is 5.88. The lowest BCUT2D eigenvalue weighted by Gasteiger charge is -2.30. The molecule has 1 unspecified atom stereocenters. The predicted molar refractivity (Wildman–Crippen MR) is 104 cm³/mol. The average Bonchev–Trinajstić information content (AvgIpc) is 3.14. The second-order valence-corrected chi connectivity index (χ2v) is 7.73. The molecule has 1 atom stereocenters. The molecule has 0 bridgehead atoms. The van der Waals surface area contributed by atoms with E-state index in [1.165, 1.54) is 7.11 Å². The smallest absolute Gasteiger partial charge is 0.325 e. The lowest BCUT2D eigenvalue weighted by molar-refractivity contribution is -0.143. The molecule has 0 aliphatic carbocycles. The SMILES string of the molecule is COC(=O)CNC(=O)c1ccc(NC(=O)C2CCCN2C(=O)C(C)(C)C)cc1. The first kappa shape index (κ1) is 21.4. The summed E-state index contributed by atoms with van der Waals surface area (Å²) in [5.41, 5.74) is 0.346. The molecule has 152 valence electrons. The van der Waals surface area contributed by atoms with Crippen molar-refractivity contribution in [3.05, 3.63) is 29.8 Å². The second kappa shape index (κ2) is 8.86. The van der Waals surface area contributed by atoms with Crippen LogP contribution in [0.1, 0.15) is 44.0 Å². The molecular weight excluding hydrogens is 362 g/mol. The molecule has 0 aromatic heterocycles. The largest absolute Gasteiger partial charge is 0.468 e. The third-order valence-electron chi connectivity index (χ3n) is 4.49. The topological polar surface area (TPSA) is 105 Å². The summed E-state index contributed by atoms with van der Waals surface area (Å²) >= 11 is 0. The van der Waals surface area contributed by atoms with Crippen molar-refractivity contribution in [1.29, 1.82) is 0 Å². The Morgan fingerprint density at radius 1 is 1.14 bits per heavy atom. The van der Waals surface area contributed by atoms with Gasteiger partial charge < -0.3 is 20.3 Å². The number of likely N-dealkylation sites (tertiary alicyclic amines) is 1. The molecule has 1 fully saturated rings. The van der Waals surface area contributed by atoms with Crippen LogP contribution >= 0.6 is 0 Å². The van der Waals surface area contributed by atoms with Crippen molar-refractivity contribution < 1.29 is 23.9 Å². The van der Waals surface area contributed by atoms with E-state index in [4.69, 9.17) is 0 Å². The molecule has 3 amide bonds. The van der Waals surface area contributed by atoms with E-state index in [0.29, 0.717) is 24.2 Å². The number of nitrogens with zero attached hydrogens (tertiary/aromatic N) is 1. The highest BCUT2D eigenvalue weighted by atomic mass is 16.5. The minimum Gasteiger partial charge on any atom is -0.468 e. The minimum atomic E-state index is -0.540. The first-order valence-corrected chi connectivity index (χ1v) is 9.20. The van der Waals surface area contributed by atoms with Gasteiger partial charge >= 0.3 is 5.97 Å². The number of rotatable bonds is 5. The summed E-state index contributed by atoms with van der Waals surface area (Å²) in [5.74, 6) is -1.23. The Morgan fingerprint density at radius 3 is 2.36 bits per heavy atom. The Morgan fingerprint density at radius 2 is 1.79 bits per heavy atom. The molecule has 1 saturated heterocycles. The maximum Gasteiger partial charge on any atom is 0.325 e. The molecule has 1 aliphatic heterocycles. The van der Waals surface area contributed by atoms with Gasteiger partial charge in [0.1, 0.15) is 12.6 Å². The number of carbonyl (C=O) groups excluding carboxylic acids is 4. The Hall–Kier alpha value is -2.90. The van der Waals surface area contributed by atoms with Crippen LogP contribution in [0.5, 0.6) is 0 Å². The Labute approximate surface area is 164 Å². The number of hydrogen-bond acceptors (Lipinski definition) is 5. The standard InChI is InChI=1S/C20H27N3O5/c1-20(2,3)19(27)23-11-5-6-15(23)18(26)22-14-9-7-13(8-10-14)17(25)21-12-16(24)28-4/h7-10,15H,5-6,11-12H2,1-4H3,(H,21,25)(H,22,26). The van der Waals surface area contributed by atoms with Crippen LogP contribution in [0, 0.1) is 5.41 Å². The van der Waals surface area contributed by atoms with Gasteiger partial charge in [-0.1, -0.05) is 20.8 Å². The van der Waals surface area contributed by atoms with Crippen LogP contribution in [0.15, 0.2) is 24.3 Å². The van der Waals surface area contributed by atoms with Crippen LogP contribution in [0.3, 0.4) is 0 Å². The van der Waals surface area contributed by atoms with E-state index in [1.54, 1.807) is 29.2 Å². The van der Waals surface area contributed by atoms with Gasteiger partial charge in [-0.3, -0.25) is 19.2 Å². The molecule has 1 aromatic carbocycles. The fourth-order valence-electron chi connectivity index (χ4n) is 2.97. The van der Waals surface area contributed by atoms with Gasteiger partial charge in [-0.2, -0.15) is 0 Å². The zero-order valence-electron chi connectivity index (χ0n) is 16.7. The molecule has 8 nitrogen and oxygen atoms in total. The van der Waals surface area contributed by atoms with Crippen LogP contribution in [0.2, 0.25) is 0 Å². The molecule has 28 heavy (non-hydrogen) atoms. The fraction of sp³-hybridized carbons (Fsp3) is 0.500. The molecule has 0 spiro atoms. The van der Waals surface area contributed by atoms with Crippen molar-refractivity contribution in [3.8, 4) is 0 Å². The normalized spacial score (nSPS) is 16.4. The summed E-state index contributed by atoms with van der Waals surface area (Å²) in [6, 6.07) is 5.82. The third-order valence-corrected chi connectivity index (χ3v) is 4.49. The zero-order valence-corrected chi connectivity index (χ0v) is 16.7. The third kappa shape index (κ3) is 5.31. The quantitative estimate of drug-likeness (QED) is 0.744. The zero-order chi connectivity index (χ0) is 20.9. The van der Waals surface area contributed by atoms with Gasteiger partial charge in [0.25, 0.3) is 5.91 Å². The van der Waals surface area contributed by atoms with Gasteiger partial charge in [0.15, 0.2) is 0 Å². The number of benzene rings is 1. The number of esters is 1. The van der Waals surface area contributed by atoms with Crippen molar-refractivity contribution in [3.63, 3.8) is 0 Å². The maximum absolute atomic E-state index is 12.7. The molecule has 1 heterocycles. The van der Waals surface area contributed by atoms with E-state index in [1.807, 2.05) is 20.8 Å². The summed E-state index contributed by atoms with van der Waals surface area (Å²) in [4.78, 5) is 49.9. The number of anilines is 1. The molecule has 2 N–H and O–H groups in total. The number of ether oxygens (including phenoxy) is 1. The number of methoxy groups -OCH3 is 1. The average molecular weight is 389 g/mol. The Balaban J connectivity index is 1.98. The monoisotopic (exact) mass is 389 g/mol. The van der Waals surface area contributed by atoms with E-state index in [9.17, 15) is 19.2 Å². The first-order valence-electron chi connectivity index (χ1n) is 9.20. The number of carbonyl (C=O) groups is 4. The van der Waals surface area contributed by atoms with Crippen LogP contribution in [-0.2, 0) is 19.1 Å². The summed E-state index contributed by atoms with van der Waals surface area (Å²) in [7, 11) is 1.24. The molecule has 8 heteroatoms. The van der Waals surface area contributed by atoms with Crippen molar-refractivity contribution in [2.75, 3.05) is 25.5 Å². The molecule has 0 radical (unpaired) electrons. The van der Waals surface area contributed by atoms with Crippen molar-refractivity contribution >= 4 is 29.4 Å². The van der Waals surface area contributed by atoms with E-state index >= 15 is 0 Å². The molecular formula is C20H27N3O5. The van der Waals surface area contributed by atoms with E-state index in [-0.39, 0.29) is 18.4 Å². The van der Waals surface area contributed by atoms with Gasteiger partial charge in [-0.05, 0) is 37.1 Å². The lowest BCUT2D eigenvalue weighted by Crippen LogP contribution is -2.47. The number of amides is 3. The van der Waals surface area contributed by atoms with Crippen LogP contribution in [0.25, 0.3) is 0 Å². The molecule has 1 aromatic rings. The van der Waals surface area contributed by atoms with Gasteiger partial charge in [-0.25, -0.2) is 0 Å². The Kier molecular flexibility index (Phi) is 6.77. The second-order valence-electron chi connectivity index (χ2n) is 7.73. The molecule has 0 saturated carbocycles. The summed E-state index contributed by atoms with van der Waals surface area (Å²) in [5, 5.41) is 5.25. The number of hydrogen-bond donors (Lipinski definition) is 2. The highest BCUT2D eigenvalue weighted by molar-refractivity contribution is 5.99.